The number of halogens is 1. The molecule has 9 heteroatoms. The van der Waals surface area contributed by atoms with E-state index in [1.54, 1.807) is 42.5 Å². The van der Waals surface area contributed by atoms with Crippen molar-refractivity contribution < 1.29 is 14.3 Å². The van der Waals surface area contributed by atoms with Crippen LogP contribution in [0.25, 0.3) is 0 Å². The van der Waals surface area contributed by atoms with Gasteiger partial charge in [0.25, 0.3) is 5.91 Å². The van der Waals surface area contributed by atoms with Crippen molar-refractivity contribution in [3.8, 4) is 11.5 Å². The van der Waals surface area contributed by atoms with Gasteiger partial charge in [0, 0.05) is 21.7 Å². The van der Waals surface area contributed by atoms with E-state index >= 15 is 0 Å². The fraction of sp³-hybridized carbons (Fsp3) is 0.150. The largest absolute Gasteiger partial charge is 0.493 e. The van der Waals surface area contributed by atoms with Crippen LogP contribution < -0.4 is 20.2 Å². The molecule has 8 nitrogen and oxygen atoms in total. The topological polar surface area (TPSA) is 89.8 Å². The Morgan fingerprint density at radius 3 is 2.79 bits per heavy atom. The lowest BCUT2D eigenvalue weighted by Gasteiger charge is -2.11. The van der Waals surface area contributed by atoms with Crippen LogP contribution >= 0.6 is 22.6 Å². The molecule has 2 aromatic carbocycles. The summed E-state index contributed by atoms with van der Waals surface area (Å²) in [6.45, 7) is 0.379. The van der Waals surface area contributed by atoms with E-state index in [1.807, 2.05) is 36.4 Å². The molecule has 0 aliphatic rings. The first-order valence-corrected chi connectivity index (χ1v) is 9.81. The maximum absolute atomic E-state index is 11.9. The second-order valence-corrected chi connectivity index (χ2v) is 7.13. The van der Waals surface area contributed by atoms with Gasteiger partial charge in [-0.1, -0.05) is 0 Å². The highest BCUT2D eigenvalue weighted by molar-refractivity contribution is 14.1. The van der Waals surface area contributed by atoms with Gasteiger partial charge in [-0.25, -0.2) is 10.1 Å². The number of aromatic nitrogens is 2. The summed E-state index contributed by atoms with van der Waals surface area (Å²) in [6, 6.07) is 15.0. The van der Waals surface area contributed by atoms with Gasteiger partial charge in [0.05, 0.1) is 19.9 Å². The van der Waals surface area contributed by atoms with Gasteiger partial charge in [-0.3, -0.25) is 4.79 Å². The third-order valence-corrected chi connectivity index (χ3v) is 4.52. The van der Waals surface area contributed by atoms with E-state index in [-0.39, 0.29) is 19.2 Å². The number of rotatable bonds is 9. The van der Waals surface area contributed by atoms with Crippen LogP contribution in [0.5, 0.6) is 11.5 Å². The number of amides is 1. The molecule has 0 aliphatic heterocycles. The van der Waals surface area contributed by atoms with Gasteiger partial charge in [0.1, 0.15) is 0 Å². The zero-order valence-electron chi connectivity index (χ0n) is 15.7. The first kappa shape index (κ1) is 20.6. The Hall–Kier alpha value is -3.08. The Labute approximate surface area is 182 Å². The summed E-state index contributed by atoms with van der Waals surface area (Å²) in [6.07, 6.45) is 5.03. The predicted octanol–water partition coefficient (Wildman–Crippen LogP) is 3.10. The molecule has 0 spiro atoms. The standard InChI is InChI=1S/C20H20IN5O3/c1-28-18-8-3-15(11-19(18)29-14-26-10-2-9-24-26)12-23-25-20(27)13-22-17-6-4-16(21)5-7-17/h2-12,22H,13-14H2,1H3,(H,25,27)/b23-12+. The zero-order chi connectivity index (χ0) is 20.5. The number of carbonyl (C=O) groups is 1. The fourth-order valence-corrected chi connectivity index (χ4v) is 2.73. The number of benzene rings is 2. The number of anilines is 1. The molecule has 1 amide bonds. The zero-order valence-corrected chi connectivity index (χ0v) is 17.9. The van der Waals surface area contributed by atoms with E-state index in [9.17, 15) is 4.79 Å². The van der Waals surface area contributed by atoms with Crippen LogP contribution in [0.15, 0.2) is 66.0 Å². The van der Waals surface area contributed by atoms with Gasteiger partial charge in [-0.2, -0.15) is 10.2 Å². The van der Waals surface area contributed by atoms with Crippen molar-refractivity contribution in [3.05, 3.63) is 70.1 Å². The van der Waals surface area contributed by atoms with Crippen LogP contribution in [0.2, 0.25) is 0 Å². The molecule has 1 heterocycles. The smallest absolute Gasteiger partial charge is 0.259 e. The van der Waals surface area contributed by atoms with Gasteiger partial charge in [-0.05, 0) is 76.7 Å². The van der Waals surface area contributed by atoms with E-state index in [1.165, 1.54) is 0 Å². The van der Waals surface area contributed by atoms with Crippen molar-refractivity contribution >= 4 is 40.4 Å². The van der Waals surface area contributed by atoms with E-state index < -0.39 is 0 Å². The summed E-state index contributed by atoms with van der Waals surface area (Å²) < 4.78 is 13.9. The molecule has 0 unspecified atom stereocenters. The third kappa shape index (κ3) is 6.49. The SMILES string of the molecule is COc1ccc(/C=N/NC(=O)CNc2ccc(I)cc2)cc1OCn1cccn1. The average Bonchev–Trinajstić information content (AvgIpc) is 3.25. The van der Waals surface area contributed by atoms with Gasteiger partial charge in [0.15, 0.2) is 18.2 Å². The minimum Gasteiger partial charge on any atom is -0.493 e. The number of nitrogens with zero attached hydrogens (tertiary/aromatic N) is 3. The molecule has 0 bridgehead atoms. The summed E-state index contributed by atoms with van der Waals surface area (Å²) in [4.78, 5) is 11.9. The molecule has 1 aromatic heterocycles. The van der Waals surface area contributed by atoms with E-state index in [0.29, 0.717) is 11.5 Å². The molecule has 150 valence electrons. The van der Waals surface area contributed by atoms with Crippen molar-refractivity contribution in [2.45, 2.75) is 6.73 Å². The number of ether oxygens (including phenoxy) is 2. The minimum atomic E-state index is -0.247. The molecule has 0 fully saturated rings. The second-order valence-electron chi connectivity index (χ2n) is 5.88. The first-order valence-electron chi connectivity index (χ1n) is 8.73. The van der Waals surface area contributed by atoms with Crippen LogP contribution in [0.4, 0.5) is 5.69 Å². The second kappa shape index (κ2) is 10.5. The summed E-state index contributed by atoms with van der Waals surface area (Å²) in [7, 11) is 1.57. The molecule has 3 aromatic rings. The van der Waals surface area contributed by atoms with Crippen LogP contribution in [-0.2, 0) is 11.5 Å². The molecule has 29 heavy (non-hydrogen) atoms. The van der Waals surface area contributed by atoms with Gasteiger partial charge in [-0.15, -0.1) is 0 Å². The maximum Gasteiger partial charge on any atom is 0.259 e. The number of hydrogen-bond donors (Lipinski definition) is 2. The highest BCUT2D eigenvalue weighted by atomic mass is 127. The fourth-order valence-electron chi connectivity index (χ4n) is 2.37. The predicted molar refractivity (Wildman–Crippen MR) is 119 cm³/mol. The van der Waals surface area contributed by atoms with E-state index in [4.69, 9.17) is 9.47 Å². The van der Waals surface area contributed by atoms with Crippen molar-refractivity contribution in [3.63, 3.8) is 0 Å². The molecule has 0 atom stereocenters. The van der Waals surface area contributed by atoms with Gasteiger partial charge in [0.2, 0.25) is 0 Å². The Bertz CT molecular complexity index is 959. The molecule has 0 saturated heterocycles. The van der Waals surface area contributed by atoms with Crippen molar-refractivity contribution in [2.75, 3.05) is 19.0 Å². The summed E-state index contributed by atoms with van der Waals surface area (Å²) in [5, 5.41) is 11.1. The molecular formula is C20H20IN5O3. The summed E-state index contributed by atoms with van der Waals surface area (Å²) >= 11 is 2.23. The molecule has 0 aliphatic carbocycles. The van der Waals surface area contributed by atoms with Crippen molar-refractivity contribution in [1.82, 2.24) is 15.2 Å². The maximum atomic E-state index is 11.9. The van der Waals surface area contributed by atoms with Gasteiger partial charge >= 0.3 is 0 Å². The minimum absolute atomic E-state index is 0.124. The number of methoxy groups -OCH3 is 1. The van der Waals surface area contributed by atoms with Crippen LogP contribution in [0.3, 0.4) is 0 Å². The highest BCUT2D eigenvalue weighted by Crippen LogP contribution is 2.27. The molecule has 2 N–H and O–H groups in total. The monoisotopic (exact) mass is 505 g/mol. The lowest BCUT2D eigenvalue weighted by atomic mass is 10.2. The third-order valence-electron chi connectivity index (χ3n) is 3.80. The Morgan fingerprint density at radius 2 is 2.07 bits per heavy atom. The van der Waals surface area contributed by atoms with E-state index in [0.717, 1.165) is 14.8 Å². The molecule has 3 rings (SSSR count). The van der Waals surface area contributed by atoms with Crippen LogP contribution in [-0.4, -0.2) is 35.6 Å². The lowest BCUT2D eigenvalue weighted by Crippen LogP contribution is -2.25. The quantitative estimate of drug-likeness (QED) is 0.265. The Kier molecular flexibility index (Phi) is 7.45. The average molecular weight is 505 g/mol. The van der Waals surface area contributed by atoms with E-state index in [2.05, 4.69) is 43.5 Å². The summed E-state index contributed by atoms with van der Waals surface area (Å²) in [5.74, 6) is 0.905. The Morgan fingerprint density at radius 1 is 1.24 bits per heavy atom. The van der Waals surface area contributed by atoms with Crippen LogP contribution in [0.1, 0.15) is 5.56 Å². The normalized spacial score (nSPS) is 10.7. The number of hydrogen-bond acceptors (Lipinski definition) is 6. The van der Waals surface area contributed by atoms with Crippen molar-refractivity contribution in [1.29, 1.82) is 0 Å². The Balaban J connectivity index is 1.53. The van der Waals surface area contributed by atoms with Gasteiger partial charge < -0.3 is 14.8 Å². The lowest BCUT2D eigenvalue weighted by molar-refractivity contribution is -0.119. The molecule has 0 radical (unpaired) electrons. The number of carbonyl (C=O) groups excluding carboxylic acids is 1. The van der Waals surface area contributed by atoms with Crippen LogP contribution in [0, 0.1) is 3.57 Å². The number of nitrogens with one attached hydrogen (secondary N) is 2. The van der Waals surface area contributed by atoms with Crippen molar-refractivity contribution in [2.24, 2.45) is 5.10 Å². The molecular weight excluding hydrogens is 485 g/mol. The first-order chi connectivity index (χ1) is 14.1. The summed E-state index contributed by atoms with van der Waals surface area (Å²) in [5.41, 5.74) is 4.13. The highest BCUT2D eigenvalue weighted by Gasteiger charge is 2.06. The number of hydrazone groups is 1. The molecule has 0 saturated carbocycles.